The van der Waals surface area contributed by atoms with Crippen molar-refractivity contribution in [1.29, 1.82) is 0 Å². The molecule has 0 spiro atoms. The molecule has 1 N–H and O–H groups in total. The molecule has 4 heterocycles. The van der Waals surface area contributed by atoms with E-state index in [1.165, 1.54) is 0 Å². The van der Waals surface area contributed by atoms with Gasteiger partial charge in [-0.3, -0.25) is 4.79 Å². The highest BCUT2D eigenvalue weighted by atomic mass is 32.3. The number of nitrogens with zero attached hydrogens (tertiary/aromatic N) is 5. The first-order valence-electron chi connectivity index (χ1n) is 11.8. The Kier molecular flexibility index (Phi) is 7.42. The van der Waals surface area contributed by atoms with Gasteiger partial charge in [0.15, 0.2) is 5.65 Å². The molecule has 0 saturated carbocycles. The first-order valence-corrected chi connectivity index (χ1v) is 14.8. The fourth-order valence-electron chi connectivity index (χ4n) is 4.11. The number of fused-ring (bicyclic) bond motifs is 1. The molecular formula is C25H36N6O2S. The van der Waals surface area contributed by atoms with Crippen LogP contribution in [0.4, 0.5) is 5.82 Å². The van der Waals surface area contributed by atoms with Crippen molar-refractivity contribution >= 4 is 32.9 Å². The number of carbonyl (C=O) groups is 1. The number of aromatic nitrogens is 4. The third kappa shape index (κ3) is 6.07. The maximum absolute atomic E-state index is 11.8. The van der Waals surface area contributed by atoms with Gasteiger partial charge in [-0.25, -0.2) is 25.0 Å². The molecule has 0 radical (unpaired) electrons. The van der Waals surface area contributed by atoms with E-state index < -0.39 is 10.0 Å². The number of amides is 1. The Labute approximate surface area is 203 Å². The largest absolute Gasteiger partial charge is 0.365 e. The molecule has 0 aromatic carbocycles. The molecule has 1 amide bonds. The molecular weight excluding hydrogens is 448 g/mol. The summed E-state index contributed by atoms with van der Waals surface area (Å²) in [4.78, 5) is 28.1. The van der Waals surface area contributed by atoms with Gasteiger partial charge in [0.05, 0.1) is 18.5 Å². The van der Waals surface area contributed by atoms with Crippen molar-refractivity contribution < 1.29 is 9.53 Å². The number of aryl methyl sites for hydroxylation is 1. The number of likely N-dealkylation sites (tertiary alicyclic amines) is 1. The van der Waals surface area contributed by atoms with Crippen molar-refractivity contribution in [2.75, 3.05) is 49.5 Å². The minimum absolute atomic E-state index is 0.119. The normalized spacial score (nSPS) is 17.2. The summed E-state index contributed by atoms with van der Waals surface area (Å²) in [5.74, 6) is 1.99. The van der Waals surface area contributed by atoms with Crippen molar-refractivity contribution in [1.82, 2.24) is 24.4 Å². The van der Waals surface area contributed by atoms with E-state index in [1.807, 2.05) is 40.8 Å². The van der Waals surface area contributed by atoms with Crippen molar-refractivity contribution in [3.63, 3.8) is 0 Å². The second kappa shape index (κ2) is 10.3. The van der Waals surface area contributed by atoms with Crippen molar-refractivity contribution in [2.24, 2.45) is 0 Å². The van der Waals surface area contributed by atoms with Gasteiger partial charge < -0.3 is 19.5 Å². The van der Waals surface area contributed by atoms with Crippen LogP contribution in [-0.2, 0) is 16.3 Å². The Morgan fingerprint density at radius 3 is 2.82 bits per heavy atom. The van der Waals surface area contributed by atoms with Gasteiger partial charge in [-0.05, 0) is 56.7 Å². The van der Waals surface area contributed by atoms with E-state index in [0.717, 1.165) is 65.7 Å². The van der Waals surface area contributed by atoms with Gasteiger partial charge >= 0.3 is 0 Å². The first-order chi connectivity index (χ1) is 16.2. The summed E-state index contributed by atoms with van der Waals surface area (Å²) in [6.07, 6.45) is 12.7. The number of anilines is 1. The predicted octanol–water partition coefficient (Wildman–Crippen LogP) is 3.89. The number of hydrogen-bond acceptors (Lipinski definition) is 6. The Hall–Kier alpha value is -2.65. The lowest BCUT2D eigenvalue weighted by Gasteiger charge is -2.33. The Bertz CT molecular complexity index is 1160. The predicted molar refractivity (Wildman–Crippen MR) is 141 cm³/mol. The first kappa shape index (κ1) is 24.5. The van der Waals surface area contributed by atoms with Crippen LogP contribution in [0.3, 0.4) is 0 Å². The third-order valence-electron chi connectivity index (χ3n) is 6.05. The van der Waals surface area contributed by atoms with Crippen LogP contribution in [0.5, 0.6) is 0 Å². The lowest BCUT2D eigenvalue weighted by atomic mass is 10.0. The summed E-state index contributed by atoms with van der Waals surface area (Å²) in [6, 6.07) is 6.17. The molecule has 0 bridgehead atoms. The molecule has 3 aromatic rings. The molecule has 1 aliphatic heterocycles. The average molecular weight is 485 g/mol. The van der Waals surface area contributed by atoms with Crippen LogP contribution < -0.4 is 5.32 Å². The molecule has 4 rings (SSSR count). The molecule has 184 valence electrons. The molecule has 1 aliphatic rings. The van der Waals surface area contributed by atoms with Crippen LogP contribution in [0.1, 0.15) is 25.5 Å². The van der Waals surface area contributed by atoms with Gasteiger partial charge in [-0.15, -0.1) is 0 Å². The summed E-state index contributed by atoms with van der Waals surface area (Å²) in [7, 11) is -0.563. The van der Waals surface area contributed by atoms with E-state index in [2.05, 4.69) is 24.1 Å². The minimum Gasteiger partial charge on any atom is -0.365 e. The van der Waals surface area contributed by atoms with Gasteiger partial charge in [0.2, 0.25) is 5.91 Å². The number of ether oxygens (including phenoxy) is 1. The second-order valence-corrected chi connectivity index (χ2v) is 14.5. The second-order valence-electron chi connectivity index (χ2n) is 9.88. The zero-order valence-corrected chi connectivity index (χ0v) is 21.7. The van der Waals surface area contributed by atoms with E-state index in [0.29, 0.717) is 13.3 Å². The maximum Gasteiger partial charge on any atom is 0.219 e. The maximum atomic E-state index is 11.8. The molecule has 8 nitrogen and oxygen atoms in total. The molecule has 1 unspecified atom stereocenters. The number of nitrogens with one attached hydrogen (secondary N) is 1. The minimum atomic E-state index is -0.563. The Morgan fingerprint density at radius 1 is 1.24 bits per heavy atom. The van der Waals surface area contributed by atoms with Gasteiger partial charge in [-0.2, -0.15) is 0 Å². The zero-order chi connectivity index (χ0) is 24.3. The van der Waals surface area contributed by atoms with Gasteiger partial charge in [-0.1, -0.05) is 0 Å². The summed E-state index contributed by atoms with van der Waals surface area (Å²) in [5.41, 5.74) is 4.26. The number of pyridine rings is 1. The molecule has 1 saturated heterocycles. The highest BCUT2D eigenvalue weighted by molar-refractivity contribution is 8.32. The van der Waals surface area contributed by atoms with Gasteiger partial charge in [0, 0.05) is 49.3 Å². The number of carbonyl (C=O) groups excluding carboxylic acids is 1. The average Bonchev–Trinajstić information content (AvgIpc) is 3.18. The van der Waals surface area contributed by atoms with Crippen LogP contribution in [-0.4, -0.2) is 80.6 Å². The summed E-state index contributed by atoms with van der Waals surface area (Å²) in [6.45, 7) is 6.34. The molecule has 0 aliphatic carbocycles. The van der Waals surface area contributed by atoms with E-state index in [4.69, 9.17) is 19.7 Å². The quantitative estimate of drug-likeness (QED) is 0.488. The zero-order valence-electron chi connectivity index (χ0n) is 20.9. The van der Waals surface area contributed by atoms with Crippen molar-refractivity contribution in [3.05, 3.63) is 36.3 Å². The molecule has 3 aromatic heterocycles. The van der Waals surface area contributed by atoms with Gasteiger partial charge in [0.25, 0.3) is 0 Å². The number of rotatable bonds is 8. The smallest absolute Gasteiger partial charge is 0.219 e. The molecule has 1 fully saturated rings. The fourth-order valence-corrected chi connectivity index (χ4v) is 4.73. The van der Waals surface area contributed by atoms with Crippen LogP contribution in [0.25, 0.3) is 22.4 Å². The molecule has 1 atom stereocenters. The van der Waals surface area contributed by atoms with Crippen LogP contribution in [0, 0.1) is 6.92 Å². The highest BCUT2D eigenvalue weighted by Crippen LogP contribution is 2.33. The van der Waals surface area contributed by atoms with Crippen LogP contribution in [0.15, 0.2) is 30.6 Å². The topological polar surface area (TPSA) is 85.2 Å². The Morgan fingerprint density at radius 2 is 2.06 bits per heavy atom. The van der Waals surface area contributed by atoms with E-state index in [1.54, 1.807) is 13.1 Å². The molecule has 34 heavy (non-hydrogen) atoms. The Balaban J connectivity index is 1.52. The fraction of sp³-hybridized carbons (Fsp3) is 0.520. The third-order valence-corrected chi connectivity index (χ3v) is 7.44. The lowest BCUT2D eigenvalue weighted by Crippen LogP contribution is -2.44. The van der Waals surface area contributed by atoms with Gasteiger partial charge in [0.1, 0.15) is 18.1 Å². The summed E-state index contributed by atoms with van der Waals surface area (Å²) in [5, 5.41) is 3.58. The number of piperidine rings is 1. The highest BCUT2D eigenvalue weighted by Gasteiger charge is 2.23. The monoisotopic (exact) mass is 484 g/mol. The number of hydrogen-bond donors (Lipinski definition) is 1. The lowest BCUT2D eigenvalue weighted by molar-refractivity contribution is -0.129. The molecule has 9 heteroatoms. The van der Waals surface area contributed by atoms with E-state index >= 15 is 0 Å². The SMILES string of the molecule is CC(=O)N1CCCC(Nc2nc(C)ccc2-c2cnc3c(ccn3COCCS(C)(C)C)n2)C1. The van der Waals surface area contributed by atoms with E-state index in [-0.39, 0.29) is 11.9 Å². The van der Waals surface area contributed by atoms with E-state index in [9.17, 15) is 4.79 Å². The standard InChI is InChI=1S/C25H36N6O2S/c1-18-8-9-21(24(27-18)28-20-7-6-11-30(16-20)19(2)32)23-15-26-25-22(29-23)10-12-31(25)17-33-13-14-34(3,4)5/h8-10,12,15,20H,6-7,11,13-14,16-17H2,1-5H3,(H,27,28). The van der Waals surface area contributed by atoms with Crippen molar-refractivity contribution in [3.8, 4) is 11.3 Å². The van der Waals surface area contributed by atoms with Crippen molar-refractivity contribution in [2.45, 2.75) is 39.5 Å². The van der Waals surface area contributed by atoms with Crippen LogP contribution in [0.2, 0.25) is 0 Å². The van der Waals surface area contributed by atoms with Crippen LogP contribution >= 0.6 is 10.0 Å². The summed E-state index contributed by atoms with van der Waals surface area (Å²) < 4.78 is 7.88. The summed E-state index contributed by atoms with van der Waals surface area (Å²) >= 11 is 0.